The second kappa shape index (κ2) is 8.17. The Hall–Kier alpha value is -2.99. The Bertz CT molecular complexity index is 1050. The van der Waals surface area contributed by atoms with E-state index in [2.05, 4.69) is 6.58 Å². The summed E-state index contributed by atoms with van der Waals surface area (Å²) in [6.45, 7) is 6.19. The number of hydrogen-bond acceptors (Lipinski definition) is 3. The fourth-order valence-corrected chi connectivity index (χ4v) is 3.86. The molecule has 1 saturated heterocycles. The van der Waals surface area contributed by atoms with Crippen LogP contribution in [0.25, 0.3) is 17.2 Å². The van der Waals surface area contributed by atoms with Gasteiger partial charge in [-0.25, -0.2) is 4.39 Å². The Kier molecular flexibility index (Phi) is 5.45. The van der Waals surface area contributed by atoms with Crippen LogP contribution >= 0.6 is 0 Å². The number of fused-ring (bicyclic) bond motifs is 1. The number of pyridine rings is 1. The van der Waals surface area contributed by atoms with Crippen LogP contribution in [0.1, 0.15) is 27.9 Å². The maximum absolute atomic E-state index is 14.5. The number of halogens is 1. The monoisotopic (exact) mass is 394 g/mol. The molecule has 5 nitrogen and oxygen atoms in total. The third kappa shape index (κ3) is 3.80. The molecule has 0 atom stereocenters. The van der Waals surface area contributed by atoms with Crippen LogP contribution in [0, 0.1) is 5.82 Å². The summed E-state index contributed by atoms with van der Waals surface area (Å²) in [7, 11) is 0. The molecule has 1 aromatic carbocycles. The standard InChI is InChI=1S/C23H23FN2O3/c1-2-3-7-26-15-21(19-5-4-6-20(19)23(26)28)16-12-17(14-18(24)13-16)22(27)25-8-10-29-11-9-25/h2,4-5,12-15H,1,3,6-11H2. The van der Waals surface area contributed by atoms with E-state index in [1.807, 2.05) is 12.2 Å². The molecule has 2 aliphatic rings. The molecule has 2 aromatic rings. The van der Waals surface area contributed by atoms with Gasteiger partial charge in [-0.2, -0.15) is 0 Å². The third-order valence-electron chi connectivity index (χ3n) is 5.35. The molecule has 4 rings (SSSR count). The summed E-state index contributed by atoms with van der Waals surface area (Å²) < 4.78 is 21.4. The predicted molar refractivity (Wildman–Crippen MR) is 110 cm³/mol. The summed E-state index contributed by atoms with van der Waals surface area (Å²) >= 11 is 0. The number of ether oxygens (including phenoxy) is 1. The lowest BCUT2D eigenvalue weighted by molar-refractivity contribution is 0.0302. The number of rotatable bonds is 5. The molecular weight excluding hydrogens is 371 g/mol. The van der Waals surface area contributed by atoms with Crippen molar-refractivity contribution >= 4 is 12.0 Å². The first kappa shape index (κ1) is 19.3. The summed E-state index contributed by atoms with van der Waals surface area (Å²) in [5, 5.41) is 0. The van der Waals surface area contributed by atoms with Crippen molar-refractivity contribution in [3.8, 4) is 11.1 Å². The Balaban J connectivity index is 1.78. The van der Waals surface area contributed by atoms with E-state index in [1.54, 1.807) is 27.8 Å². The molecule has 0 saturated carbocycles. The first-order chi connectivity index (χ1) is 14.1. The average Bonchev–Trinajstić information content (AvgIpc) is 3.23. The molecule has 1 aromatic heterocycles. The zero-order valence-electron chi connectivity index (χ0n) is 16.2. The number of benzene rings is 1. The molecule has 29 heavy (non-hydrogen) atoms. The van der Waals surface area contributed by atoms with Crippen molar-refractivity contribution in [1.82, 2.24) is 9.47 Å². The van der Waals surface area contributed by atoms with E-state index in [4.69, 9.17) is 4.74 Å². The third-order valence-corrected chi connectivity index (χ3v) is 5.35. The van der Waals surface area contributed by atoms with Gasteiger partial charge in [0.15, 0.2) is 0 Å². The molecule has 150 valence electrons. The van der Waals surface area contributed by atoms with Gasteiger partial charge in [-0.15, -0.1) is 6.58 Å². The van der Waals surface area contributed by atoms with Crippen molar-refractivity contribution < 1.29 is 13.9 Å². The number of morpholine rings is 1. The van der Waals surface area contributed by atoms with E-state index in [9.17, 15) is 14.0 Å². The van der Waals surface area contributed by atoms with E-state index in [-0.39, 0.29) is 11.5 Å². The molecular formula is C23H23FN2O3. The second-order valence-electron chi connectivity index (χ2n) is 7.25. The summed E-state index contributed by atoms with van der Waals surface area (Å²) in [5.74, 6) is -0.681. The lowest BCUT2D eigenvalue weighted by atomic mass is 9.97. The van der Waals surface area contributed by atoms with Crippen LogP contribution in [0.15, 0.2) is 47.9 Å². The minimum absolute atomic E-state index is 0.0309. The highest BCUT2D eigenvalue weighted by atomic mass is 19.1. The molecule has 2 heterocycles. The Labute approximate surface area is 168 Å². The van der Waals surface area contributed by atoms with Gasteiger partial charge in [0.05, 0.1) is 13.2 Å². The number of nitrogens with zero attached hydrogens (tertiary/aromatic N) is 2. The summed E-state index contributed by atoms with van der Waals surface area (Å²) in [6, 6.07) is 4.40. The highest BCUT2D eigenvalue weighted by molar-refractivity contribution is 5.96. The number of hydrogen-bond donors (Lipinski definition) is 0. The highest BCUT2D eigenvalue weighted by Crippen LogP contribution is 2.31. The number of aryl methyl sites for hydroxylation is 1. The minimum atomic E-state index is -0.473. The van der Waals surface area contributed by atoms with Crippen molar-refractivity contribution in [3.63, 3.8) is 0 Å². The lowest BCUT2D eigenvalue weighted by Crippen LogP contribution is -2.40. The molecule has 1 fully saturated rings. The summed E-state index contributed by atoms with van der Waals surface area (Å²) in [4.78, 5) is 27.3. The van der Waals surface area contributed by atoms with Gasteiger partial charge in [0.25, 0.3) is 11.5 Å². The van der Waals surface area contributed by atoms with E-state index in [0.29, 0.717) is 62.4 Å². The van der Waals surface area contributed by atoms with Gasteiger partial charge in [0.2, 0.25) is 0 Å². The van der Waals surface area contributed by atoms with Crippen LogP contribution in [-0.2, 0) is 17.7 Å². The van der Waals surface area contributed by atoms with Crippen LogP contribution < -0.4 is 5.56 Å². The van der Waals surface area contributed by atoms with Crippen LogP contribution in [0.2, 0.25) is 0 Å². The Morgan fingerprint density at radius 2 is 2.03 bits per heavy atom. The van der Waals surface area contributed by atoms with Crippen molar-refractivity contribution in [2.45, 2.75) is 19.4 Å². The molecule has 1 aliphatic carbocycles. The summed E-state index contributed by atoms with van der Waals surface area (Å²) in [5.41, 5.74) is 3.14. The van der Waals surface area contributed by atoms with Gasteiger partial charge in [0.1, 0.15) is 5.82 Å². The number of amides is 1. The van der Waals surface area contributed by atoms with Gasteiger partial charge in [0, 0.05) is 42.5 Å². The molecule has 1 amide bonds. The maximum Gasteiger partial charge on any atom is 0.254 e. The van der Waals surface area contributed by atoms with E-state index >= 15 is 0 Å². The Morgan fingerprint density at radius 1 is 1.24 bits per heavy atom. The molecule has 6 heteroatoms. The van der Waals surface area contributed by atoms with Crippen molar-refractivity contribution in [3.05, 3.63) is 76.0 Å². The van der Waals surface area contributed by atoms with Gasteiger partial charge in [-0.3, -0.25) is 9.59 Å². The number of aromatic nitrogens is 1. The largest absolute Gasteiger partial charge is 0.378 e. The summed E-state index contributed by atoms with van der Waals surface area (Å²) in [6.07, 6.45) is 8.59. The zero-order chi connectivity index (χ0) is 20.4. The van der Waals surface area contributed by atoms with Gasteiger partial charge >= 0.3 is 0 Å². The van der Waals surface area contributed by atoms with Crippen molar-refractivity contribution in [2.75, 3.05) is 26.3 Å². The van der Waals surface area contributed by atoms with Crippen LogP contribution in [0.3, 0.4) is 0 Å². The van der Waals surface area contributed by atoms with E-state index in [0.717, 1.165) is 11.1 Å². The van der Waals surface area contributed by atoms with Crippen LogP contribution in [0.5, 0.6) is 0 Å². The molecule has 1 aliphatic heterocycles. The maximum atomic E-state index is 14.5. The fourth-order valence-electron chi connectivity index (χ4n) is 3.86. The van der Waals surface area contributed by atoms with Gasteiger partial charge < -0.3 is 14.2 Å². The number of carbonyl (C=O) groups excluding carboxylic acids is 1. The van der Waals surface area contributed by atoms with Crippen LogP contribution in [-0.4, -0.2) is 41.7 Å². The van der Waals surface area contributed by atoms with E-state index < -0.39 is 5.82 Å². The van der Waals surface area contributed by atoms with E-state index in [1.165, 1.54) is 12.1 Å². The van der Waals surface area contributed by atoms with Crippen molar-refractivity contribution in [1.29, 1.82) is 0 Å². The SMILES string of the molecule is C=CCCn1cc(-c2cc(F)cc(C(=O)N3CCOCC3)c2)c2c(c1=O)CC=C2. The first-order valence-electron chi connectivity index (χ1n) is 9.80. The first-order valence-corrected chi connectivity index (χ1v) is 9.80. The average molecular weight is 394 g/mol. The van der Waals surface area contributed by atoms with Crippen LogP contribution in [0.4, 0.5) is 4.39 Å². The lowest BCUT2D eigenvalue weighted by Gasteiger charge is -2.27. The van der Waals surface area contributed by atoms with Gasteiger partial charge in [-0.1, -0.05) is 18.2 Å². The molecule has 0 unspecified atom stereocenters. The zero-order valence-corrected chi connectivity index (χ0v) is 16.2. The van der Waals surface area contributed by atoms with Crippen molar-refractivity contribution in [2.24, 2.45) is 0 Å². The smallest absolute Gasteiger partial charge is 0.254 e. The Morgan fingerprint density at radius 3 is 2.79 bits per heavy atom. The normalized spacial score (nSPS) is 15.4. The molecule has 0 spiro atoms. The topological polar surface area (TPSA) is 51.5 Å². The molecule has 0 radical (unpaired) electrons. The molecule has 0 N–H and O–H groups in total. The highest BCUT2D eigenvalue weighted by Gasteiger charge is 2.22. The van der Waals surface area contributed by atoms with Gasteiger partial charge in [-0.05, 0) is 42.2 Å². The quantitative estimate of drug-likeness (QED) is 0.732. The fraction of sp³-hybridized carbons (Fsp3) is 0.304. The second-order valence-corrected chi connectivity index (χ2v) is 7.25. The minimum Gasteiger partial charge on any atom is -0.378 e. The predicted octanol–water partition coefficient (Wildman–Crippen LogP) is 3.27. The molecule has 0 bridgehead atoms. The number of carbonyl (C=O) groups is 1. The number of allylic oxidation sites excluding steroid dienone is 2.